The van der Waals surface area contributed by atoms with Gasteiger partial charge in [0, 0.05) is 31.7 Å². The fraction of sp³-hybridized carbons (Fsp3) is 0.500. The van der Waals surface area contributed by atoms with Crippen LogP contribution in [0.25, 0.3) is 0 Å². The van der Waals surface area contributed by atoms with Gasteiger partial charge in [-0.15, -0.1) is 0 Å². The van der Waals surface area contributed by atoms with Crippen LogP contribution in [0.5, 0.6) is 0 Å². The first kappa shape index (κ1) is 20.9. The number of unbranched alkanes of at least 4 members (excludes halogenated alkanes) is 2. The van der Waals surface area contributed by atoms with Gasteiger partial charge in [0.15, 0.2) is 0 Å². The molecule has 1 saturated heterocycles. The Morgan fingerprint density at radius 2 is 1.83 bits per heavy atom. The van der Waals surface area contributed by atoms with E-state index in [-0.39, 0.29) is 24.3 Å². The summed E-state index contributed by atoms with van der Waals surface area (Å²) in [6.07, 6.45) is 3.24. The summed E-state index contributed by atoms with van der Waals surface area (Å²) < 4.78 is 0. The molecule has 0 spiro atoms. The zero-order valence-electron chi connectivity index (χ0n) is 16.3. The Morgan fingerprint density at radius 3 is 2.59 bits per heavy atom. The fourth-order valence-electron chi connectivity index (χ4n) is 3.66. The van der Waals surface area contributed by atoms with E-state index in [4.69, 9.17) is 5.73 Å². The number of carbonyl (C=O) groups excluding carboxylic acids is 4. The molecule has 1 aromatic carbocycles. The van der Waals surface area contributed by atoms with Gasteiger partial charge in [0.25, 0.3) is 11.8 Å². The Balaban J connectivity index is 1.61. The number of rotatable bonds is 10. The van der Waals surface area contributed by atoms with E-state index < -0.39 is 23.8 Å². The van der Waals surface area contributed by atoms with E-state index in [0.717, 1.165) is 37.3 Å². The predicted octanol–water partition coefficient (Wildman–Crippen LogP) is 0.218. The van der Waals surface area contributed by atoms with Crippen molar-refractivity contribution in [2.24, 2.45) is 5.73 Å². The first-order chi connectivity index (χ1) is 14.0. The van der Waals surface area contributed by atoms with Crippen molar-refractivity contribution in [2.75, 3.05) is 31.5 Å². The first-order valence-corrected chi connectivity index (χ1v) is 10.0. The van der Waals surface area contributed by atoms with Crippen LogP contribution in [0.4, 0.5) is 5.69 Å². The van der Waals surface area contributed by atoms with E-state index in [9.17, 15) is 19.2 Å². The lowest BCUT2D eigenvalue weighted by molar-refractivity contribution is -0.136. The number of piperidine rings is 1. The number of carbonyl (C=O) groups is 4. The van der Waals surface area contributed by atoms with Crippen LogP contribution in [-0.4, -0.2) is 60.7 Å². The molecule has 2 aliphatic heterocycles. The lowest BCUT2D eigenvalue weighted by atomic mass is 10.0. The SMILES string of the molecule is NCCNCCCCCNc1cccc2c1C(=O)N(C1CCC(=O)NC1=O)C2=O. The number of hydrogen-bond donors (Lipinski definition) is 4. The average molecular weight is 401 g/mol. The third kappa shape index (κ3) is 4.63. The molecule has 1 aromatic rings. The van der Waals surface area contributed by atoms with E-state index in [1.807, 2.05) is 0 Å². The minimum absolute atomic E-state index is 0.106. The van der Waals surface area contributed by atoms with Gasteiger partial charge in [-0.05, 0) is 37.9 Å². The number of nitrogens with one attached hydrogen (secondary N) is 3. The number of imide groups is 2. The van der Waals surface area contributed by atoms with Crippen LogP contribution in [0, 0.1) is 0 Å². The normalized spacial score (nSPS) is 18.8. The van der Waals surface area contributed by atoms with Crippen LogP contribution in [0.3, 0.4) is 0 Å². The minimum atomic E-state index is -0.950. The maximum atomic E-state index is 13.0. The molecule has 5 N–H and O–H groups in total. The van der Waals surface area contributed by atoms with Crippen molar-refractivity contribution in [3.8, 4) is 0 Å². The van der Waals surface area contributed by atoms with Crippen LogP contribution in [0.2, 0.25) is 0 Å². The highest BCUT2D eigenvalue weighted by Crippen LogP contribution is 2.32. The van der Waals surface area contributed by atoms with Gasteiger partial charge in [-0.3, -0.25) is 29.4 Å². The van der Waals surface area contributed by atoms with Crippen molar-refractivity contribution in [1.82, 2.24) is 15.5 Å². The molecule has 1 atom stereocenters. The summed E-state index contributed by atoms with van der Waals surface area (Å²) in [6, 6.07) is 4.13. The molecule has 2 aliphatic rings. The summed E-state index contributed by atoms with van der Waals surface area (Å²) >= 11 is 0. The Kier molecular flexibility index (Phi) is 6.95. The summed E-state index contributed by atoms with van der Waals surface area (Å²) in [6.45, 7) is 3.04. The molecule has 9 heteroatoms. The van der Waals surface area contributed by atoms with Gasteiger partial charge in [0.2, 0.25) is 11.8 Å². The number of anilines is 1. The number of nitrogens with two attached hydrogens (primary N) is 1. The van der Waals surface area contributed by atoms with Crippen LogP contribution < -0.4 is 21.7 Å². The van der Waals surface area contributed by atoms with Crippen molar-refractivity contribution in [1.29, 1.82) is 0 Å². The molecule has 1 unspecified atom stereocenters. The number of amides is 4. The molecule has 0 aromatic heterocycles. The molecule has 1 fully saturated rings. The van der Waals surface area contributed by atoms with E-state index in [1.54, 1.807) is 18.2 Å². The van der Waals surface area contributed by atoms with Crippen LogP contribution in [0.15, 0.2) is 18.2 Å². The lowest BCUT2D eigenvalue weighted by Gasteiger charge is -2.27. The fourth-order valence-corrected chi connectivity index (χ4v) is 3.66. The van der Waals surface area contributed by atoms with Gasteiger partial charge in [0.05, 0.1) is 11.1 Å². The second kappa shape index (κ2) is 9.62. The molecule has 156 valence electrons. The first-order valence-electron chi connectivity index (χ1n) is 10.0. The van der Waals surface area contributed by atoms with E-state index >= 15 is 0 Å². The zero-order chi connectivity index (χ0) is 20.8. The molecule has 3 rings (SSSR count). The molecular formula is C20H27N5O4. The summed E-state index contributed by atoms with van der Waals surface area (Å²) in [5.41, 5.74) is 6.61. The van der Waals surface area contributed by atoms with Gasteiger partial charge in [-0.2, -0.15) is 0 Å². The predicted molar refractivity (Wildman–Crippen MR) is 107 cm³/mol. The highest BCUT2D eigenvalue weighted by atomic mass is 16.2. The van der Waals surface area contributed by atoms with E-state index in [0.29, 0.717) is 24.3 Å². The largest absolute Gasteiger partial charge is 0.384 e. The molecule has 4 amide bonds. The molecule has 2 heterocycles. The van der Waals surface area contributed by atoms with Gasteiger partial charge in [-0.25, -0.2) is 0 Å². The summed E-state index contributed by atoms with van der Waals surface area (Å²) in [7, 11) is 0. The Hall–Kier alpha value is -2.78. The van der Waals surface area contributed by atoms with Crippen LogP contribution in [0.1, 0.15) is 52.8 Å². The Morgan fingerprint density at radius 1 is 1.03 bits per heavy atom. The molecule has 9 nitrogen and oxygen atoms in total. The number of fused-ring (bicyclic) bond motifs is 1. The number of benzene rings is 1. The Bertz CT molecular complexity index is 810. The van der Waals surface area contributed by atoms with Crippen LogP contribution >= 0.6 is 0 Å². The van der Waals surface area contributed by atoms with E-state index in [2.05, 4.69) is 16.0 Å². The van der Waals surface area contributed by atoms with Crippen LogP contribution in [-0.2, 0) is 9.59 Å². The third-order valence-corrected chi connectivity index (χ3v) is 5.14. The van der Waals surface area contributed by atoms with E-state index in [1.165, 1.54) is 0 Å². The van der Waals surface area contributed by atoms with Crippen molar-refractivity contribution in [2.45, 2.75) is 38.1 Å². The summed E-state index contributed by atoms with van der Waals surface area (Å²) in [4.78, 5) is 50.3. The molecule has 0 aliphatic carbocycles. The second-order valence-electron chi connectivity index (χ2n) is 7.20. The number of hydrogen-bond acceptors (Lipinski definition) is 7. The maximum Gasteiger partial charge on any atom is 0.264 e. The van der Waals surface area contributed by atoms with Crippen molar-refractivity contribution >= 4 is 29.3 Å². The average Bonchev–Trinajstić information content (AvgIpc) is 2.95. The zero-order valence-corrected chi connectivity index (χ0v) is 16.3. The minimum Gasteiger partial charge on any atom is -0.384 e. The Labute approximate surface area is 169 Å². The molecule has 0 radical (unpaired) electrons. The standard InChI is InChI=1S/C20H27N5O4/c21-9-12-22-10-2-1-3-11-23-14-6-4-5-13-17(14)20(29)25(19(13)28)15-7-8-16(26)24-18(15)27/h4-6,15,22-23H,1-3,7-12,21H2,(H,24,26,27). The quantitative estimate of drug-likeness (QED) is 0.325. The van der Waals surface area contributed by atoms with Crippen molar-refractivity contribution < 1.29 is 19.2 Å². The summed E-state index contributed by atoms with van der Waals surface area (Å²) in [5, 5.41) is 8.69. The van der Waals surface area contributed by atoms with Gasteiger partial charge in [-0.1, -0.05) is 12.5 Å². The smallest absolute Gasteiger partial charge is 0.264 e. The maximum absolute atomic E-state index is 13.0. The molecule has 29 heavy (non-hydrogen) atoms. The van der Waals surface area contributed by atoms with Crippen molar-refractivity contribution in [3.63, 3.8) is 0 Å². The highest BCUT2D eigenvalue weighted by molar-refractivity contribution is 6.25. The third-order valence-electron chi connectivity index (χ3n) is 5.14. The topological polar surface area (TPSA) is 134 Å². The summed E-state index contributed by atoms with van der Waals surface area (Å²) in [5.74, 6) is -1.97. The van der Waals surface area contributed by atoms with Crippen molar-refractivity contribution in [3.05, 3.63) is 29.3 Å². The van der Waals surface area contributed by atoms with Gasteiger partial charge < -0.3 is 16.4 Å². The monoisotopic (exact) mass is 401 g/mol. The lowest BCUT2D eigenvalue weighted by Crippen LogP contribution is -2.54. The second-order valence-corrected chi connectivity index (χ2v) is 7.20. The molecule has 0 bridgehead atoms. The highest BCUT2D eigenvalue weighted by Gasteiger charge is 2.45. The molecular weight excluding hydrogens is 374 g/mol. The molecule has 0 saturated carbocycles. The van der Waals surface area contributed by atoms with Gasteiger partial charge in [0.1, 0.15) is 6.04 Å². The van der Waals surface area contributed by atoms with Gasteiger partial charge >= 0.3 is 0 Å². The number of nitrogens with zero attached hydrogens (tertiary/aromatic N) is 1.